The van der Waals surface area contributed by atoms with Crippen LogP contribution in [-0.2, 0) is 6.61 Å². The lowest BCUT2D eigenvalue weighted by molar-refractivity contribution is 0.111. The molecule has 0 unspecified atom stereocenters. The molecule has 0 atom stereocenters. The van der Waals surface area contributed by atoms with Gasteiger partial charge in [0, 0.05) is 17.8 Å². The highest BCUT2D eigenvalue weighted by molar-refractivity contribution is 5.81. The van der Waals surface area contributed by atoms with Crippen molar-refractivity contribution in [3.05, 3.63) is 47.3 Å². The summed E-state index contributed by atoms with van der Waals surface area (Å²) in [6.07, 6.45) is 0.738. The zero-order valence-electron chi connectivity index (χ0n) is 12.3. The number of carbonyl (C=O) groups excluding carboxylic acids is 1. The van der Waals surface area contributed by atoms with E-state index in [4.69, 9.17) is 14.2 Å². The van der Waals surface area contributed by atoms with Crippen LogP contribution in [0.4, 0.5) is 0 Å². The Balaban J connectivity index is 2.24. The van der Waals surface area contributed by atoms with E-state index >= 15 is 0 Å². The third-order valence-corrected chi connectivity index (χ3v) is 2.94. The van der Waals surface area contributed by atoms with Gasteiger partial charge in [-0.3, -0.25) is 9.78 Å². The molecule has 0 radical (unpaired) electrons. The highest BCUT2D eigenvalue weighted by Crippen LogP contribution is 2.30. The van der Waals surface area contributed by atoms with Crippen LogP contribution < -0.4 is 14.2 Å². The van der Waals surface area contributed by atoms with Crippen molar-refractivity contribution in [1.82, 2.24) is 4.98 Å². The van der Waals surface area contributed by atoms with E-state index in [0.29, 0.717) is 17.1 Å². The fourth-order valence-corrected chi connectivity index (χ4v) is 1.98. The molecule has 5 heteroatoms. The van der Waals surface area contributed by atoms with Crippen molar-refractivity contribution in [2.45, 2.75) is 13.5 Å². The fraction of sp³-hybridized carbons (Fsp3) is 0.250. The van der Waals surface area contributed by atoms with Crippen LogP contribution in [0, 0.1) is 6.92 Å². The summed E-state index contributed by atoms with van der Waals surface area (Å²) < 4.78 is 16.1. The van der Waals surface area contributed by atoms with E-state index in [2.05, 4.69) is 4.98 Å². The molecule has 2 rings (SSSR count). The second-order valence-electron chi connectivity index (χ2n) is 4.42. The van der Waals surface area contributed by atoms with Crippen LogP contribution in [-0.4, -0.2) is 25.5 Å². The first kappa shape index (κ1) is 14.8. The normalized spacial score (nSPS) is 10.0. The lowest BCUT2D eigenvalue weighted by atomic mass is 10.2. The third-order valence-electron chi connectivity index (χ3n) is 2.94. The molecule has 1 heterocycles. The van der Waals surface area contributed by atoms with Crippen LogP contribution in [0.1, 0.15) is 21.7 Å². The minimum Gasteiger partial charge on any atom is -0.497 e. The summed E-state index contributed by atoms with van der Waals surface area (Å²) in [7, 11) is 3.13. The van der Waals surface area contributed by atoms with E-state index < -0.39 is 0 Å². The molecule has 5 nitrogen and oxygen atoms in total. The molecule has 0 bridgehead atoms. The second kappa shape index (κ2) is 6.74. The largest absolute Gasteiger partial charge is 0.497 e. The SMILES string of the molecule is COc1cc(C)nc(COc2c(C=O)cccc2OC)c1. The Kier molecular flexibility index (Phi) is 4.77. The Morgan fingerprint density at radius 1 is 1.19 bits per heavy atom. The maximum absolute atomic E-state index is 11.1. The zero-order chi connectivity index (χ0) is 15.2. The topological polar surface area (TPSA) is 57.7 Å². The molecule has 21 heavy (non-hydrogen) atoms. The van der Waals surface area contributed by atoms with Gasteiger partial charge in [0.1, 0.15) is 12.4 Å². The minimum absolute atomic E-state index is 0.221. The first-order valence-electron chi connectivity index (χ1n) is 6.44. The van der Waals surface area contributed by atoms with Crippen LogP contribution in [0.25, 0.3) is 0 Å². The number of hydrogen-bond acceptors (Lipinski definition) is 5. The smallest absolute Gasteiger partial charge is 0.172 e. The van der Waals surface area contributed by atoms with E-state index in [0.717, 1.165) is 23.4 Å². The number of nitrogens with zero attached hydrogens (tertiary/aromatic N) is 1. The van der Waals surface area contributed by atoms with E-state index in [1.54, 1.807) is 31.4 Å². The number of aryl methyl sites for hydroxylation is 1. The van der Waals surface area contributed by atoms with Gasteiger partial charge in [-0.05, 0) is 19.1 Å². The van der Waals surface area contributed by atoms with Crippen LogP contribution in [0.2, 0.25) is 0 Å². The fourth-order valence-electron chi connectivity index (χ4n) is 1.98. The summed E-state index contributed by atoms with van der Waals surface area (Å²) in [5, 5.41) is 0. The highest BCUT2D eigenvalue weighted by Gasteiger charge is 2.11. The van der Waals surface area contributed by atoms with Gasteiger partial charge in [0.25, 0.3) is 0 Å². The van der Waals surface area contributed by atoms with Gasteiger partial charge in [-0.25, -0.2) is 0 Å². The zero-order valence-corrected chi connectivity index (χ0v) is 12.3. The molecule has 1 aromatic heterocycles. The summed E-state index contributed by atoms with van der Waals surface area (Å²) in [5.74, 6) is 1.65. The molecule has 110 valence electrons. The highest BCUT2D eigenvalue weighted by atomic mass is 16.5. The van der Waals surface area contributed by atoms with Crippen molar-refractivity contribution in [1.29, 1.82) is 0 Å². The van der Waals surface area contributed by atoms with Gasteiger partial charge >= 0.3 is 0 Å². The standard InChI is InChI=1S/C16H17NO4/c1-11-7-14(19-2)8-13(17-11)10-21-16-12(9-18)5-4-6-15(16)20-3/h4-9H,10H2,1-3H3. The van der Waals surface area contributed by atoms with E-state index in [1.165, 1.54) is 7.11 Å². The minimum atomic E-state index is 0.221. The molecule has 0 saturated carbocycles. The number of hydrogen-bond donors (Lipinski definition) is 0. The molecule has 0 aliphatic heterocycles. The molecule has 0 N–H and O–H groups in total. The summed E-state index contributed by atoms with van der Waals surface area (Å²) in [6, 6.07) is 8.79. The molecule has 0 saturated heterocycles. The molecular weight excluding hydrogens is 270 g/mol. The van der Waals surface area contributed by atoms with Crippen LogP contribution in [0.5, 0.6) is 17.2 Å². The maximum atomic E-state index is 11.1. The van der Waals surface area contributed by atoms with Crippen molar-refractivity contribution in [2.24, 2.45) is 0 Å². The number of aromatic nitrogens is 1. The summed E-state index contributed by atoms with van der Waals surface area (Å²) in [6.45, 7) is 2.10. The van der Waals surface area contributed by atoms with Crippen molar-refractivity contribution in [2.75, 3.05) is 14.2 Å². The third kappa shape index (κ3) is 3.51. The molecule has 2 aromatic rings. The number of pyridine rings is 1. The first-order chi connectivity index (χ1) is 10.2. The van der Waals surface area contributed by atoms with Gasteiger partial charge in [0.2, 0.25) is 0 Å². The van der Waals surface area contributed by atoms with Gasteiger partial charge < -0.3 is 14.2 Å². The van der Waals surface area contributed by atoms with Crippen molar-refractivity contribution in [3.63, 3.8) is 0 Å². The number of para-hydroxylation sites is 1. The quantitative estimate of drug-likeness (QED) is 0.765. The van der Waals surface area contributed by atoms with Gasteiger partial charge in [0.15, 0.2) is 17.8 Å². The van der Waals surface area contributed by atoms with E-state index in [1.807, 2.05) is 13.0 Å². The van der Waals surface area contributed by atoms with Gasteiger partial charge in [0.05, 0.1) is 25.5 Å². The maximum Gasteiger partial charge on any atom is 0.172 e. The predicted molar refractivity (Wildman–Crippen MR) is 78.2 cm³/mol. The molecule has 0 aliphatic carbocycles. The summed E-state index contributed by atoms with van der Waals surface area (Å²) in [5.41, 5.74) is 1.99. The molecular formula is C16H17NO4. The van der Waals surface area contributed by atoms with Gasteiger partial charge in [-0.15, -0.1) is 0 Å². The molecule has 0 spiro atoms. The average molecular weight is 287 g/mol. The molecule has 1 aromatic carbocycles. The van der Waals surface area contributed by atoms with Crippen molar-refractivity contribution < 1.29 is 19.0 Å². The number of carbonyl (C=O) groups is 1. The van der Waals surface area contributed by atoms with Crippen molar-refractivity contribution >= 4 is 6.29 Å². The number of benzene rings is 1. The molecule has 0 fully saturated rings. The van der Waals surface area contributed by atoms with Crippen LogP contribution in [0.15, 0.2) is 30.3 Å². The number of aldehydes is 1. The Hall–Kier alpha value is -2.56. The Morgan fingerprint density at radius 2 is 2.00 bits per heavy atom. The monoisotopic (exact) mass is 287 g/mol. The van der Waals surface area contributed by atoms with E-state index in [9.17, 15) is 4.79 Å². The van der Waals surface area contributed by atoms with Crippen LogP contribution >= 0.6 is 0 Å². The second-order valence-corrected chi connectivity index (χ2v) is 4.42. The number of ether oxygens (including phenoxy) is 3. The lowest BCUT2D eigenvalue weighted by Crippen LogP contribution is -2.03. The number of rotatable bonds is 6. The van der Waals surface area contributed by atoms with E-state index in [-0.39, 0.29) is 6.61 Å². The van der Waals surface area contributed by atoms with Crippen molar-refractivity contribution in [3.8, 4) is 17.2 Å². The predicted octanol–water partition coefficient (Wildman–Crippen LogP) is 2.80. The Bertz CT molecular complexity index is 640. The summed E-state index contributed by atoms with van der Waals surface area (Å²) >= 11 is 0. The first-order valence-corrected chi connectivity index (χ1v) is 6.44. The Labute approximate surface area is 123 Å². The lowest BCUT2D eigenvalue weighted by Gasteiger charge is -2.13. The average Bonchev–Trinajstić information content (AvgIpc) is 2.51. The molecule has 0 amide bonds. The van der Waals surface area contributed by atoms with Gasteiger partial charge in [-0.2, -0.15) is 0 Å². The summed E-state index contributed by atoms with van der Waals surface area (Å²) in [4.78, 5) is 15.5. The van der Waals surface area contributed by atoms with Gasteiger partial charge in [-0.1, -0.05) is 6.07 Å². The van der Waals surface area contributed by atoms with Crippen LogP contribution in [0.3, 0.4) is 0 Å². The molecule has 0 aliphatic rings. The Morgan fingerprint density at radius 3 is 2.67 bits per heavy atom. The number of methoxy groups -OCH3 is 2.